The summed E-state index contributed by atoms with van der Waals surface area (Å²) < 4.78 is 1.42. The summed E-state index contributed by atoms with van der Waals surface area (Å²) in [7, 11) is 1.79. The van der Waals surface area contributed by atoms with E-state index in [1.54, 1.807) is 30.3 Å². The molecule has 0 N–H and O–H groups in total. The number of hydrogen-bond acceptors (Lipinski definition) is 3. The molecular formula is C17H21N3O2. The number of amides is 1. The van der Waals surface area contributed by atoms with Crippen molar-refractivity contribution in [1.29, 1.82) is 0 Å². The molecule has 0 aliphatic heterocycles. The Morgan fingerprint density at radius 1 is 1.27 bits per heavy atom. The number of pyridine rings is 1. The Hall–Kier alpha value is -2.17. The first-order valence-electron chi connectivity index (χ1n) is 7.81. The second-order valence-corrected chi connectivity index (χ2v) is 6.24. The summed E-state index contributed by atoms with van der Waals surface area (Å²) in [6.45, 7) is 2.25. The molecule has 1 aliphatic rings. The second-order valence-electron chi connectivity index (χ2n) is 6.24. The summed E-state index contributed by atoms with van der Waals surface area (Å²) in [4.78, 5) is 31.1. The van der Waals surface area contributed by atoms with Gasteiger partial charge in [0.05, 0.1) is 0 Å². The summed E-state index contributed by atoms with van der Waals surface area (Å²) in [6, 6.07) is 5.55. The number of fused-ring (bicyclic) bond motifs is 1. The maximum absolute atomic E-state index is 12.7. The lowest BCUT2D eigenvalue weighted by atomic mass is 9.86. The van der Waals surface area contributed by atoms with Crippen molar-refractivity contribution in [2.24, 2.45) is 5.92 Å². The number of rotatable bonds is 2. The normalized spacial score (nSPS) is 21.7. The van der Waals surface area contributed by atoms with Crippen LogP contribution in [0, 0.1) is 5.92 Å². The van der Waals surface area contributed by atoms with E-state index < -0.39 is 0 Å². The lowest BCUT2D eigenvalue weighted by Gasteiger charge is -2.33. The second kappa shape index (κ2) is 5.91. The third-order valence-electron chi connectivity index (χ3n) is 4.70. The van der Waals surface area contributed by atoms with Crippen molar-refractivity contribution in [2.75, 3.05) is 7.05 Å². The van der Waals surface area contributed by atoms with Gasteiger partial charge >= 0.3 is 0 Å². The largest absolute Gasteiger partial charge is 0.339 e. The van der Waals surface area contributed by atoms with Crippen LogP contribution in [0.3, 0.4) is 0 Å². The molecule has 0 saturated heterocycles. The standard InChI is InChI=1S/C17H21N3O2/c1-12-6-8-13(9-7-12)19(2)16(21)14-11-18-15-5-3-4-10-20(15)17(14)22/h3-5,10-13H,6-9H2,1-2H3. The Morgan fingerprint density at radius 2 is 2.00 bits per heavy atom. The molecule has 0 unspecified atom stereocenters. The summed E-state index contributed by atoms with van der Waals surface area (Å²) >= 11 is 0. The summed E-state index contributed by atoms with van der Waals surface area (Å²) in [6.07, 6.45) is 7.33. The highest BCUT2D eigenvalue weighted by atomic mass is 16.2. The van der Waals surface area contributed by atoms with Gasteiger partial charge < -0.3 is 4.90 Å². The molecule has 2 aromatic rings. The Kier molecular flexibility index (Phi) is 3.96. The SMILES string of the molecule is CC1CCC(N(C)C(=O)c2cnc3ccccn3c2=O)CC1. The van der Waals surface area contributed by atoms with E-state index in [2.05, 4.69) is 11.9 Å². The molecule has 0 atom stereocenters. The number of carbonyl (C=O) groups excluding carboxylic acids is 1. The summed E-state index contributed by atoms with van der Waals surface area (Å²) in [5, 5.41) is 0. The predicted molar refractivity (Wildman–Crippen MR) is 85.0 cm³/mol. The average Bonchev–Trinajstić information content (AvgIpc) is 2.55. The van der Waals surface area contributed by atoms with Gasteiger partial charge in [-0.25, -0.2) is 4.98 Å². The van der Waals surface area contributed by atoms with Gasteiger partial charge in [-0.3, -0.25) is 14.0 Å². The molecule has 3 rings (SSSR count). The molecule has 5 nitrogen and oxygen atoms in total. The minimum absolute atomic E-state index is 0.143. The molecule has 0 bridgehead atoms. The van der Waals surface area contributed by atoms with E-state index in [-0.39, 0.29) is 23.1 Å². The average molecular weight is 299 g/mol. The van der Waals surface area contributed by atoms with Crippen LogP contribution < -0.4 is 5.56 Å². The van der Waals surface area contributed by atoms with Crippen LogP contribution in [0.2, 0.25) is 0 Å². The number of carbonyl (C=O) groups is 1. The molecule has 0 spiro atoms. The summed E-state index contributed by atoms with van der Waals surface area (Å²) in [5.41, 5.74) is 0.398. The highest BCUT2D eigenvalue weighted by Crippen LogP contribution is 2.26. The number of aromatic nitrogens is 2. The van der Waals surface area contributed by atoms with Crippen LogP contribution in [0.4, 0.5) is 0 Å². The van der Waals surface area contributed by atoms with E-state index in [0.29, 0.717) is 5.65 Å². The van der Waals surface area contributed by atoms with Crippen LogP contribution in [0.15, 0.2) is 35.4 Å². The van der Waals surface area contributed by atoms with Gasteiger partial charge in [0.25, 0.3) is 11.5 Å². The minimum Gasteiger partial charge on any atom is -0.339 e. The lowest BCUT2D eigenvalue weighted by Crippen LogP contribution is -2.41. The number of hydrogen-bond donors (Lipinski definition) is 0. The topological polar surface area (TPSA) is 54.7 Å². The molecular weight excluding hydrogens is 278 g/mol. The van der Waals surface area contributed by atoms with Gasteiger partial charge in [0.1, 0.15) is 11.2 Å². The van der Waals surface area contributed by atoms with Crippen molar-refractivity contribution in [3.8, 4) is 0 Å². The van der Waals surface area contributed by atoms with Crippen LogP contribution in [0.1, 0.15) is 43.0 Å². The smallest absolute Gasteiger partial charge is 0.270 e. The highest BCUT2D eigenvalue weighted by Gasteiger charge is 2.27. The quantitative estimate of drug-likeness (QED) is 0.855. The Morgan fingerprint density at radius 3 is 2.73 bits per heavy atom. The van der Waals surface area contributed by atoms with E-state index in [1.807, 2.05) is 6.07 Å². The first kappa shape index (κ1) is 14.8. The van der Waals surface area contributed by atoms with E-state index >= 15 is 0 Å². The van der Waals surface area contributed by atoms with Crippen LogP contribution in [0.5, 0.6) is 0 Å². The van der Waals surface area contributed by atoms with Crippen molar-refractivity contribution in [3.63, 3.8) is 0 Å². The Bertz CT molecular complexity index is 745. The monoisotopic (exact) mass is 299 g/mol. The zero-order chi connectivity index (χ0) is 15.7. The molecule has 0 radical (unpaired) electrons. The van der Waals surface area contributed by atoms with Crippen molar-refractivity contribution < 1.29 is 4.79 Å². The molecule has 0 aromatic carbocycles. The van der Waals surface area contributed by atoms with E-state index in [4.69, 9.17) is 0 Å². The van der Waals surface area contributed by atoms with Crippen LogP contribution in [-0.4, -0.2) is 33.3 Å². The molecule has 1 amide bonds. The lowest BCUT2D eigenvalue weighted by molar-refractivity contribution is 0.0677. The van der Waals surface area contributed by atoms with Gasteiger partial charge in [-0.15, -0.1) is 0 Å². The van der Waals surface area contributed by atoms with Gasteiger partial charge in [0, 0.05) is 25.5 Å². The molecule has 1 saturated carbocycles. The maximum Gasteiger partial charge on any atom is 0.270 e. The van der Waals surface area contributed by atoms with Gasteiger partial charge in [-0.1, -0.05) is 13.0 Å². The molecule has 2 heterocycles. The van der Waals surface area contributed by atoms with Gasteiger partial charge in [0.15, 0.2) is 0 Å². The fraction of sp³-hybridized carbons (Fsp3) is 0.471. The molecule has 22 heavy (non-hydrogen) atoms. The first-order valence-corrected chi connectivity index (χ1v) is 7.81. The minimum atomic E-state index is -0.299. The molecule has 116 valence electrons. The number of nitrogens with zero attached hydrogens (tertiary/aromatic N) is 3. The van der Waals surface area contributed by atoms with E-state index in [9.17, 15) is 9.59 Å². The fourth-order valence-electron chi connectivity index (χ4n) is 3.16. The van der Waals surface area contributed by atoms with E-state index in [0.717, 1.165) is 31.6 Å². The predicted octanol–water partition coefficient (Wildman–Crippen LogP) is 2.35. The zero-order valence-electron chi connectivity index (χ0n) is 13.0. The van der Waals surface area contributed by atoms with E-state index in [1.165, 1.54) is 10.6 Å². The van der Waals surface area contributed by atoms with Crippen LogP contribution in [-0.2, 0) is 0 Å². The maximum atomic E-state index is 12.7. The molecule has 1 fully saturated rings. The van der Waals surface area contributed by atoms with Gasteiger partial charge in [-0.05, 0) is 43.7 Å². The summed E-state index contributed by atoms with van der Waals surface area (Å²) in [5.74, 6) is 0.503. The fourth-order valence-corrected chi connectivity index (χ4v) is 3.16. The van der Waals surface area contributed by atoms with Crippen molar-refractivity contribution in [2.45, 2.75) is 38.6 Å². The van der Waals surface area contributed by atoms with Crippen LogP contribution in [0.25, 0.3) is 5.65 Å². The van der Waals surface area contributed by atoms with Gasteiger partial charge in [0.2, 0.25) is 0 Å². The zero-order valence-corrected chi connectivity index (χ0v) is 13.0. The van der Waals surface area contributed by atoms with Crippen LogP contribution >= 0.6 is 0 Å². The molecule has 5 heteroatoms. The first-order chi connectivity index (χ1) is 10.6. The van der Waals surface area contributed by atoms with Crippen molar-refractivity contribution in [1.82, 2.24) is 14.3 Å². The highest BCUT2D eigenvalue weighted by molar-refractivity contribution is 5.93. The molecule has 2 aromatic heterocycles. The third-order valence-corrected chi connectivity index (χ3v) is 4.70. The van der Waals surface area contributed by atoms with Crippen molar-refractivity contribution in [3.05, 3.63) is 46.5 Å². The third kappa shape index (κ3) is 2.63. The Labute approximate surface area is 129 Å². The molecule has 1 aliphatic carbocycles. The van der Waals surface area contributed by atoms with Gasteiger partial charge in [-0.2, -0.15) is 0 Å². The Balaban J connectivity index is 1.89. The van der Waals surface area contributed by atoms with Crippen molar-refractivity contribution >= 4 is 11.6 Å².